The maximum Gasteiger partial charge on any atom is 0.225 e. The van der Waals surface area contributed by atoms with Crippen molar-refractivity contribution in [2.24, 2.45) is 5.92 Å². The van der Waals surface area contributed by atoms with Crippen LogP contribution in [0.3, 0.4) is 0 Å². The number of hydrogen-bond donors (Lipinski definition) is 1. The minimum absolute atomic E-state index is 0.0914. The molecule has 2 unspecified atom stereocenters. The van der Waals surface area contributed by atoms with E-state index in [1.807, 2.05) is 91.9 Å². The number of piperidine rings is 1. The van der Waals surface area contributed by atoms with Crippen molar-refractivity contribution in [1.29, 1.82) is 0 Å². The van der Waals surface area contributed by atoms with Crippen molar-refractivity contribution < 1.29 is 13.2 Å². The van der Waals surface area contributed by atoms with Gasteiger partial charge in [-0.25, -0.2) is 12.7 Å². The van der Waals surface area contributed by atoms with E-state index in [9.17, 15) is 13.2 Å². The molecule has 3 aromatic rings. The van der Waals surface area contributed by atoms with Crippen LogP contribution < -0.4 is 5.32 Å². The number of nitrogens with zero attached hydrogens (tertiary/aromatic N) is 1. The number of nitrogens with one attached hydrogen (secondary N) is 1. The molecule has 35 heavy (non-hydrogen) atoms. The van der Waals surface area contributed by atoms with Gasteiger partial charge in [-0.15, -0.1) is 0 Å². The third-order valence-electron chi connectivity index (χ3n) is 6.78. The molecule has 0 bridgehead atoms. The van der Waals surface area contributed by atoms with E-state index >= 15 is 0 Å². The zero-order chi connectivity index (χ0) is 24.7. The molecular weight excluding hydrogens is 456 g/mol. The van der Waals surface area contributed by atoms with Crippen molar-refractivity contribution in [2.75, 3.05) is 18.8 Å². The van der Waals surface area contributed by atoms with Crippen LogP contribution in [-0.2, 0) is 21.2 Å². The summed E-state index contributed by atoms with van der Waals surface area (Å²) in [6, 6.07) is 27.6. The molecule has 184 valence electrons. The van der Waals surface area contributed by atoms with Gasteiger partial charge in [0.25, 0.3) is 0 Å². The van der Waals surface area contributed by atoms with Crippen LogP contribution in [0.5, 0.6) is 0 Å². The van der Waals surface area contributed by atoms with Crippen molar-refractivity contribution in [3.8, 4) is 0 Å². The van der Waals surface area contributed by atoms with Crippen LogP contribution in [0, 0.1) is 12.8 Å². The third kappa shape index (κ3) is 6.59. The predicted molar refractivity (Wildman–Crippen MR) is 140 cm³/mol. The Labute approximate surface area is 209 Å². The molecule has 2 atom stereocenters. The van der Waals surface area contributed by atoms with Gasteiger partial charge >= 0.3 is 0 Å². The van der Waals surface area contributed by atoms with Gasteiger partial charge in [0.05, 0.1) is 17.7 Å². The summed E-state index contributed by atoms with van der Waals surface area (Å²) in [4.78, 5) is 13.4. The van der Waals surface area contributed by atoms with Crippen molar-refractivity contribution >= 4 is 15.9 Å². The summed E-state index contributed by atoms with van der Waals surface area (Å²) >= 11 is 0. The highest BCUT2D eigenvalue weighted by molar-refractivity contribution is 7.89. The normalized spacial score (nSPS) is 17.6. The number of rotatable bonds is 9. The van der Waals surface area contributed by atoms with Gasteiger partial charge in [-0.2, -0.15) is 0 Å². The molecule has 1 aliphatic heterocycles. The number of hydrogen-bond acceptors (Lipinski definition) is 3. The molecule has 0 radical (unpaired) electrons. The monoisotopic (exact) mass is 490 g/mol. The zero-order valence-corrected chi connectivity index (χ0v) is 21.1. The molecule has 0 aliphatic carbocycles. The van der Waals surface area contributed by atoms with Crippen LogP contribution in [0.4, 0.5) is 0 Å². The minimum Gasteiger partial charge on any atom is -0.345 e. The van der Waals surface area contributed by atoms with Crippen molar-refractivity contribution in [3.05, 3.63) is 107 Å². The van der Waals surface area contributed by atoms with E-state index in [0.29, 0.717) is 25.8 Å². The number of carbonyl (C=O) groups is 1. The Bertz CT molecular complexity index is 1210. The molecule has 1 fully saturated rings. The van der Waals surface area contributed by atoms with Crippen LogP contribution in [0.1, 0.15) is 47.6 Å². The maximum atomic E-state index is 13.4. The lowest BCUT2D eigenvalue weighted by atomic mass is 9.93. The average Bonchev–Trinajstić information content (AvgIpc) is 2.89. The third-order valence-corrected chi connectivity index (χ3v) is 8.70. The highest BCUT2D eigenvalue weighted by Gasteiger charge is 2.33. The van der Waals surface area contributed by atoms with Gasteiger partial charge in [0.2, 0.25) is 15.9 Å². The first-order chi connectivity index (χ1) is 16.9. The summed E-state index contributed by atoms with van der Waals surface area (Å²) in [5, 5.41) is 3.24. The van der Waals surface area contributed by atoms with Crippen molar-refractivity contribution in [3.63, 3.8) is 0 Å². The molecular formula is C29H34N2O3S. The molecule has 1 amide bonds. The summed E-state index contributed by atoms with van der Waals surface area (Å²) in [5.74, 6) is -0.347. The second-order valence-electron chi connectivity index (χ2n) is 9.31. The largest absolute Gasteiger partial charge is 0.345 e. The van der Waals surface area contributed by atoms with Crippen LogP contribution in [0.15, 0.2) is 84.9 Å². The van der Waals surface area contributed by atoms with E-state index in [0.717, 1.165) is 28.7 Å². The molecule has 5 nitrogen and oxygen atoms in total. The molecule has 4 rings (SSSR count). The second kappa shape index (κ2) is 11.6. The Morgan fingerprint density at radius 1 is 0.971 bits per heavy atom. The van der Waals surface area contributed by atoms with E-state index in [4.69, 9.17) is 0 Å². The molecule has 1 aliphatic rings. The average molecular weight is 491 g/mol. The first-order valence-electron chi connectivity index (χ1n) is 12.4. The number of benzene rings is 3. The summed E-state index contributed by atoms with van der Waals surface area (Å²) in [5.41, 5.74) is 4.30. The Balaban J connectivity index is 1.42. The van der Waals surface area contributed by atoms with E-state index in [2.05, 4.69) is 5.32 Å². The molecule has 3 aromatic carbocycles. The van der Waals surface area contributed by atoms with Crippen LogP contribution in [0.25, 0.3) is 0 Å². The summed E-state index contributed by atoms with van der Waals surface area (Å²) in [6.45, 7) is 2.77. The van der Waals surface area contributed by atoms with Gasteiger partial charge in [-0.3, -0.25) is 4.79 Å². The summed E-state index contributed by atoms with van der Waals surface area (Å²) in [7, 11) is -3.41. The highest BCUT2D eigenvalue weighted by atomic mass is 32.2. The fourth-order valence-electron chi connectivity index (χ4n) is 4.80. The molecule has 1 N–H and O–H groups in total. The standard InChI is InChI=1S/C29H34N2O3S/c1-23-12-8-9-19-27(23)28(25-16-6-3-7-17-25)30-29(32)26-18-10-20-31(22-26)35(33,34)21-11-15-24-13-4-2-5-14-24/h2-9,12-14,16-17,19,26,28H,10-11,15,18,20-22H2,1H3,(H,30,32). The topological polar surface area (TPSA) is 66.5 Å². The number of amides is 1. The fourth-order valence-corrected chi connectivity index (χ4v) is 6.38. The molecule has 0 saturated carbocycles. The maximum absolute atomic E-state index is 13.4. The summed E-state index contributed by atoms with van der Waals surface area (Å²) < 4.78 is 27.6. The van der Waals surface area contributed by atoms with Gasteiger partial charge < -0.3 is 5.32 Å². The van der Waals surface area contributed by atoms with Crippen LogP contribution in [0.2, 0.25) is 0 Å². The van der Waals surface area contributed by atoms with Crippen LogP contribution >= 0.6 is 0 Å². The second-order valence-corrected chi connectivity index (χ2v) is 11.4. The van der Waals surface area contributed by atoms with Gasteiger partial charge in [0.15, 0.2) is 0 Å². The highest BCUT2D eigenvalue weighted by Crippen LogP contribution is 2.27. The quantitative estimate of drug-likeness (QED) is 0.465. The number of sulfonamides is 1. The lowest BCUT2D eigenvalue weighted by Gasteiger charge is -2.32. The molecule has 0 aromatic heterocycles. The van der Waals surface area contributed by atoms with Gasteiger partial charge in [-0.05, 0) is 54.9 Å². The minimum atomic E-state index is -3.41. The SMILES string of the molecule is Cc1ccccc1C(NC(=O)C1CCCN(S(=O)(=O)CCCc2ccccc2)C1)c1ccccc1. The predicted octanol–water partition coefficient (Wildman–Crippen LogP) is 4.88. The molecule has 0 spiro atoms. The molecule has 1 heterocycles. The van der Waals surface area contributed by atoms with Crippen LogP contribution in [-0.4, -0.2) is 37.5 Å². The van der Waals surface area contributed by atoms with Crippen molar-refractivity contribution in [2.45, 2.75) is 38.6 Å². The van der Waals surface area contributed by atoms with E-state index in [1.54, 1.807) is 0 Å². The Morgan fingerprint density at radius 3 is 2.34 bits per heavy atom. The van der Waals surface area contributed by atoms with E-state index in [-0.39, 0.29) is 30.2 Å². The Kier molecular flexibility index (Phi) is 8.37. The Hall–Kier alpha value is -2.96. The molecule has 6 heteroatoms. The lowest BCUT2D eigenvalue weighted by Crippen LogP contribution is -2.46. The number of aryl methyl sites for hydroxylation is 2. The Morgan fingerprint density at radius 2 is 1.63 bits per heavy atom. The fraction of sp³-hybridized carbons (Fsp3) is 0.345. The first kappa shape index (κ1) is 25.1. The molecule has 1 saturated heterocycles. The zero-order valence-electron chi connectivity index (χ0n) is 20.3. The lowest BCUT2D eigenvalue weighted by molar-refractivity contribution is -0.126. The van der Waals surface area contributed by atoms with Gasteiger partial charge in [0, 0.05) is 13.1 Å². The summed E-state index contributed by atoms with van der Waals surface area (Å²) in [6.07, 6.45) is 2.68. The van der Waals surface area contributed by atoms with E-state index in [1.165, 1.54) is 4.31 Å². The smallest absolute Gasteiger partial charge is 0.225 e. The number of carbonyl (C=O) groups excluding carboxylic acids is 1. The van der Waals surface area contributed by atoms with E-state index < -0.39 is 10.0 Å². The van der Waals surface area contributed by atoms with Crippen molar-refractivity contribution in [1.82, 2.24) is 9.62 Å². The van der Waals surface area contributed by atoms with Gasteiger partial charge in [0.1, 0.15) is 0 Å². The van der Waals surface area contributed by atoms with Gasteiger partial charge in [-0.1, -0.05) is 84.9 Å². The first-order valence-corrected chi connectivity index (χ1v) is 14.0.